The van der Waals surface area contributed by atoms with Gasteiger partial charge in [-0.3, -0.25) is 4.68 Å². The summed E-state index contributed by atoms with van der Waals surface area (Å²) in [7, 11) is 0. The summed E-state index contributed by atoms with van der Waals surface area (Å²) in [5.74, 6) is 0.193. The molecule has 0 saturated heterocycles. The van der Waals surface area contributed by atoms with Crippen LogP contribution in [0.2, 0.25) is 5.02 Å². The molecule has 0 bridgehead atoms. The molecule has 0 aliphatic carbocycles. The molecule has 1 aromatic heterocycles. The lowest BCUT2D eigenvalue weighted by atomic mass is 10.2. The first kappa shape index (κ1) is 19.0. The fourth-order valence-electron chi connectivity index (χ4n) is 2.32. The lowest BCUT2D eigenvalue weighted by Crippen LogP contribution is -2.11. The highest BCUT2D eigenvalue weighted by Crippen LogP contribution is 2.39. The van der Waals surface area contributed by atoms with E-state index in [1.165, 1.54) is 24.8 Å². The SMILES string of the molecule is FC(F)(F)c1cc(Oc2ccc(Cl)cc2)ccc1OCCCn1cncn1. The second-order valence-corrected chi connectivity index (χ2v) is 6.01. The van der Waals surface area contributed by atoms with E-state index in [4.69, 9.17) is 21.1 Å². The summed E-state index contributed by atoms with van der Waals surface area (Å²) in [4.78, 5) is 3.80. The molecular formula is C18H15ClF3N3O2. The minimum Gasteiger partial charge on any atom is -0.493 e. The first-order valence-electron chi connectivity index (χ1n) is 8.02. The molecule has 0 saturated carbocycles. The van der Waals surface area contributed by atoms with Crippen LogP contribution in [0, 0.1) is 0 Å². The van der Waals surface area contributed by atoms with E-state index >= 15 is 0 Å². The Morgan fingerprint density at radius 1 is 1.04 bits per heavy atom. The number of benzene rings is 2. The van der Waals surface area contributed by atoms with Gasteiger partial charge in [0.25, 0.3) is 0 Å². The second-order valence-electron chi connectivity index (χ2n) is 5.57. The predicted octanol–water partition coefficient (Wildman–Crippen LogP) is 5.21. The number of nitrogens with zero attached hydrogens (tertiary/aromatic N) is 3. The Morgan fingerprint density at radius 3 is 2.44 bits per heavy atom. The van der Waals surface area contributed by atoms with Gasteiger partial charge in [-0.25, -0.2) is 4.98 Å². The highest BCUT2D eigenvalue weighted by molar-refractivity contribution is 6.30. The smallest absolute Gasteiger partial charge is 0.420 e. The van der Waals surface area contributed by atoms with Crippen molar-refractivity contribution in [2.45, 2.75) is 19.1 Å². The topological polar surface area (TPSA) is 49.2 Å². The van der Waals surface area contributed by atoms with Crippen molar-refractivity contribution in [1.82, 2.24) is 14.8 Å². The molecule has 0 atom stereocenters. The van der Waals surface area contributed by atoms with Crippen LogP contribution in [0.25, 0.3) is 0 Å². The molecular weight excluding hydrogens is 383 g/mol. The van der Waals surface area contributed by atoms with Gasteiger partial charge in [0.05, 0.1) is 6.61 Å². The molecule has 5 nitrogen and oxygen atoms in total. The maximum atomic E-state index is 13.4. The van der Waals surface area contributed by atoms with E-state index in [0.717, 1.165) is 6.07 Å². The van der Waals surface area contributed by atoms with Crippen molar-refractivity contribution in [3.63, 3.8) is 0 Å². The van der Waals surface area contributed by atoms with E-state index in [9.17, 15) is 13.2 Å². The Bertz CT molecular complexity index is 869. The summed E-state index contributed by atoms with van der Waals surface area (Å²) >= 11 is 5.78. The van der Waals surface area contributed by atoms with Gasteiger partial charge in [-0.05, 0) is 42.5 Å². The summed E-state index contributed by atoms with van der Waals surface area (Å²) in [6.07, 6.45) is -1.16. The summed E-state index contributed by atoms with van der Waals surface area (Å²) in [5, 5.41) is 4.43. The molecule has 2 aromatic carbocycles. The third-order valence-corrected chi connectivity index (χ3v) is 3.81. The van der Waals surface area contributed by atoms with Gasteiger partial charge in [0.2, 0.25) is 0 Å². The molecule has 0 aliphatic rings. The number of aromatic nitrogens is 3. The molecule has 27 heavy (non-hydrogen) atoms. The van der Waals surface area contributed by atoms with Crippen molar-refractivity contribution >= 4 is 11.6 Å². The van der Waals surface area contributed by atoms with Gasteiger partial charge in [0.15, 0.2) is 0 Å². The normalized spacial score (nSPS) is 11.4. The molecule has 0 N–H and O–H groups in total. The van der Waals surface area contributed by atoms with Crippen molar-refractivity contribution in [2.75, 3.05) is 6.61 Å². The Hall–Kier alpha value is -2.74. The molecule has 9 heteroatoms. The Labute approximate surface area is 158 Å². The average molecular weight is 398 g/mol. The van der Waals surface area contributed by atoms with Crippen LogP contribution in [0.5, 0.6) is 17.2 Å². The van der Waals surface area contributed by atoms with Crippen molar-refractivity contribution in [3.05, 3.63) is 65.7 Å². The molecule has 0 radical (unpaired) electrons. The Kier molecular flexibility index (Phi) is 5.85. The number of hydrogen-bond acceptors (Lipinski definition) is 4. The number of halogens is 4. The fourth-order valence-corrected chi connectivity index (χ4v) is 2.44. The first-order valence-corrected chi connectivity index (χ1v) is 8.39. The molecule has 0 amide bonds. The largest absolute Gasteiger partial charge is 0.493 e. The number of ether oxygens (including phenoxy) is 2. The molecule has 0 unspecified atom stereocenters. The zero-order valence-electron chi connectivity index (χ0n) is 14.0. The lowest BCUT2D eigenvalue weighted by Gasteiger charge is -2.16. The highest BCUT2D eigenvalue weighted by Gasteiger charge is 2.35. The van der Waals surface area contributed by atoms with Crippen molar-refractivity contribution < 1.29 is 22.6 Å². The fraction of sp³-hybridized carbons (Fsp3) is 0.222. The Morgan fingerprint density at radius 2 is 1.78 bits per heavy atom. The second kappa shape index (κ2) is 8.30. The summed E-state index contributed by atoms with van der Waals surface area (Å²) in [6, 6.07) is 9.93. The van der Waals surface area contributed by atoms with Gasteiger partial charge in [-0.15, -0.1) is 0 Å². The molecule has 1 heterocycles. The van der Waals surface area contributed by atoms with E-state index in [1.54, 1.807) is 28.9 Å². The van der Waals surface area contributed by atoms with Crippen LogP contribution in [0.3, 0.4) is 0 Å². The van der Waals surface area contributed by atoms with Crippen LogP contribution in [-0.2, 0) is 12.7 Å². The van der Waals surface area contributed by atoms with Gasteiger partial charge in [-0.2, -0.15) is 18.3 Å². The van der Waals surface area contributed by atoms with E-state index in [2.05, 4.69) is 10.1 Å². The monoisotopic (exact) mass is 397 g/mol. The van der Waals surface area contributed by atoms with Crippen LogP contribution in [0.1, 0.15) is 12.0 Å². The minimum absolute atomic E-state index is 0.0552. The molecule has 3 rings (SSSR count). The van der Waals surface area contributed by atoms with Crippen molar-refractivity contribution in [3.8, 4) is 17.2 Å². The predicted molar refractivity (Wildman–Crippen MR) is 93.1 cm³/mol. The van der Waals surface area contributed by atoms with Gasteiger partial charge in [0, 0.05) is 18.0 Å². The van der Waals surface area contributed by atoms with Gasteiger partial charge in [0.1, 0.15) is 35.5 Å². The summed E-state index contributed by atoms with van der Waals surface area (Å²) in [6.45, 7) is 0.611. The van der Waals surface area contributed by atoms with Gasteiger partial charge < -0.3 is 9.47 Å². The van der Waals surface area contributed by atoms with Gasteiger partial charge in [-0.1, -0.05) is 11.6 Å². The standard InChI is InChI=1S/C18H15ClF3N3O2/c19-13-2-4-14(5-3-13)27-15-6-7-17(16(10-15)18(20,21)22)26-9-1-8-25-12-23-11-24-25/h2-7,10-12H,1,8-9H2. The first-order chi connectivity index (χ1) is 12.9. The van der Waals surface area contributed by atoms with Crippen LogP contribution in [0.4, 0.5) is 13.2 Å². The third kappa shape index (κ3) is 5.37. The van der Waals surface area contributed by atoms with E-state index in [-0.39, 0.29) is 18.1 Å². The molecule has 0 fully saturated rings. The number of aryl methyl sites for hydroxylation is 1. The van der Waals surface area contributed by atoms with Crippen LogP contribution in [-0.4, -0.2) is 21.4 Å². The van der Waals surface area contributed by atoms with Gasteiger partial charge >= 0.3 is 6.18 Å². The molecule has 0 aliphatic heterocycles. The molecule has 3 aromatic rings. The van der Waals surface area contributed by atoms with Crippen molar-refractivity contribution in [2.24, 2.45) is 0 Å². The zero-order valence-corrected chi connectivity index (χ0v) is 14.7. The number of hydrogen-bond donors (Lipinski definition) is 0. The maximum Gasteiger partial charge on any atom is 0.420 e. The highest BCUT2D eigenvalue weighted by atomic mass is 35.5. The molecule has 142 valence electrons. The van der Waals surface area contributed by atoms with E-state index in [1.807, 2.05) is 0 Å². The number of rotatable bonds is 7. The average Bonchev–Trinajstić information content (AvgIpc) is 3.14. The zero-order chi connectivity index (χ0) is 19.3. The molecule has 0 spiro atoms. The van der Waals surface area contributed by atoms with Crippen LogP contribution >= 0.6 is 11.6 Å². The van der Waals surface area contributed by atoms with Crippen LogP contribution < -0.4 is 9.47 Å². The van der Waals surface area contributed by atoms with Crippen LogP contribution in [0.15, 0.2) is 55.1 Å². The van der Waals surface area contributed by atoms with E-state index in [0.29, 0.717) is 23.7 Å². The summed E-state index contributed by atoms with van der Waals surface area (Å²) < 4.78 is 52.5. The Balaban J connectivity index is 1.68. The lowest BCUT2D eigenvalue weighted by molar-refractivity contribution is -0.139. The van der Waals surface area contributed by atoms with E-state index < -0.39 is 11.7 Å². The maximum absolute atomic E-state index is 13.4. The number of alkyl halides is 3. The third-order valence-electron chi connectivity index (χ3n) is 3.56. The quantitative estimate of drug-likeness (QED) is 0.513. The van der Waals surface area contributed by atoms with Crippen molar-refractivity contribution in [1.29, 1.82) is 0 Å². The summed E-state index contributed by atoms with van der Waals surface area (Å²) in [5.41, 5.74) is -0.894. The minimum atomic E-state index is -4.57.